The zero-order valence-corrected chi connectivity index (χ0v) is 22.2. The summed E-state index contributed by atoms with van der Waals surface area (Å²) in [5.74, 6) is -0.541. The van der Waals surface area contributed by atoms with Crippen molar-refractivity contribution in [3.8, 4) is 5.75 Å². The van der Waals surface area contributed by atoms with Crippen LogP contribution in [0.15, 0.2) is 82.6 Å². The molecule has 0 radical (unpaired) electrons. The number of halogens is 1. The van der Waals surface area contributed by atoms with E-state index in [9.17, 15) is 21.6 Å². The summed E-state index contributed by atoms with van der Waals surface area (Å²) in [7, 11) is -6.67. The molecule has 12 heteroatoms. The molecule has 192 valence electrons. The Bertz CT molecular complexity index is 1450. The van der Waals surface area contributed by atoms with E-state index in [1.54, 1.807) is 44.2 Å². The molecule has 1 amide bonds. The van der Waals surface area contributed by atoms with E-state index in [-0.39, 0.29) is 38.0 Å². The van der Waals surface area contributed by atoms with Crippen molar-refractivity contribution in [2.75, 3.05) is 23.3 Å². The van der Waals surface area contributed by atoms with Crippen LogP contribution in [0, 0.1) is 0 Å². The number of para-hydroxylation sites is 1. The number of methoxy groups -OCH3 is 1. The fourth-order valence-corrected chi connectivity index (χ4v) is 6.35. The lowest BCUT2D eigenvalue weighted by molar-refractivity contribution is -0.114. The molecule has 0 bridgehead atoms. The number of rotatable bonds is 10. The fraction of sp³-hybridized carbons (Fsp3) is 0.208. The molecule has 0 saturated heterocycles. The van der Waals surface area contributed by atoms with Crippen LogP contribution in [-0.2, 0) is 24.8 Å². The molecular weight excluding hydrogens is 526 g/mol. The maximum absolute atomic E-state index is 13.5. The molecule has 3 aromatic rings. The van der Waals surface area contributed by atoms with Crippen LogP contribution in [0.3, 0.4) is 0 Å². The summed E-state index contributed by atoms with van der Waals surface area (Å²) in [6, 6.07) is 17.5. The van der Waals surface area contributed by atoms with Crippen LogP contribution in [0.5, 0.6) is 5.75 Å². The van der Waals surface area contributed by atoms with Crippen molar-refractivity contribution in [1.82, 2.24) is 4.72 Å². The number of nitrogens with one attached hydrogen (secondary N) is 2. The van der Waals surface area contributed by atoms with Crippen LogP contribution in [0.1, 0.15) is 13.8 Å². The Labute approximate surface area is 216 Å². The van der Waals surface area contributed by atoms with Gasteiger partial charge in [-0.05, 0) is 56.3 Å². The highest BCUT2D eigenvalue weighted by Gasteiger charge is 2.29. The van der Waals surface area contributed by atoms with Gasteiger partial charge in [-0.1, -0.05) is 41.9 Å². The first-order valence-electron chi connectivity index (χ1n) is 10.8. The third-order valence-corrected chi connectivity index (χ3v) is 8.64. The van der Waals surface area contributed by atoms with E-state index in [4.69, 9.17) is 16.3 Å². The lowest BCUT2D eigenvalue weighted by Gasteiger charge is -2.25. The second-order valence-electron chi connectivity index (χ2n) is 7.96. The van der Waals surface area contributed by atoms with Crippen LogP contribution in [0.2, 0.25) is 5.02 Å². The Hall–Kier alpha value is -3.12. The van der Waals surface area contributed by atoms with Crippen LogP contribution in [0.4, 0.5) is 11.4 Å². The monoisotopic (exact) mass is 551 g/mol. The predicted octanol–water partition coefficient (Wildman–Crippen LogP) is 3.87. The summed E-state index contributed by atoms with van der Waals surface area (Å²) < 4.78 is 60.7. The fourth-order valence-electron chi connectivity index (χ4n) is 3.32. The summed E-state index contributed by atoms with van der Waals surface area (Å²) in [4.78, 5) is 13.0. The maximum Gasteiger partial charge on any atom is 0.264 e. The van der Waals surface area contributed by atoms with Gasteiger partial charge in [0.15, 0.2) is 0 Å². The van der Waals surface area contributed by atoms with Gasteiger partial charge in [-0.2, -0.15) is 0 Å². The quantitative estimate of drug-likeness (QED) is 0.394. The third-order valence-electron chi connectivity index (χ3n) is 4.89. The normalized spacial score (nSPS) is 11.8. The van der Waals surface area contributed by atoms with Crippen LogP contribution >= 0.6 is 11.6 Å². The van der Waals surface area contributed by atoms with E-state index in [0.717, 1.165) is 4.31 Å². The van der Waals surface area contributed by atoms with E-state index >= 15 is 0 Å². The molecule has 0 spiro atoms. The minimum Gasteiger partial charge on any atom is -0.495 e. The molecule has 0 unspecified atom stereocenters. The Kier molecular flexibility index (Phi) is 8.62. The molecule has 0 aliphatic heterocycles. The smallest absolute Gasteiger partial charge is 0.264 e. The molecular formula is C24H26ClN3O6S2. The summed E-state index contributed by atoms with van der Waals surface area (Å²) in [6.07, 6.45) is 0. The number of carbonyl (C=O) groups is 1. The zero-order valence-electron chi connectivity index (χ0n) is 19.8. The standard InChI is InChI=1S/C24H26ClN3O6S2/c1-17(2)27-35(30,31)19-13-14-23(34-3)21(15-19)26-24(29)16-28(22-12-8-7-11-20(22)25)36(32,33)18-9-5-4-6-10-18/h4-15,17,27H,16H2,1-3H3,(H,26,29). The molecule has 2 N–H and O–H groups in total. The van der Waals surface area contributed by atoms with Crippen molar-refractivity contribution in [3.05, 3.63) is 77.8 Å². The van der Waals surface area contributed by atoms with Gasteiger partial charge in [0, 0.05) is 6.04 Å². The first-order chi connectivity index (χ1) is 17.0. The van der Waals surface area contributed by atoms with Crippen LogP contribution in [-0.4, -0.2) is 42.4 Å². The minimum atomic E-state index is -4.17. The molecule has 3 aromatic carbocycles. The van der Waals surface area contributed by atoms with Crippen molar-refractivity contribution < 1.29 is 26.4 Å². The van der Waals surface area contributed by atoms with Crippen molar-refractivity contribution in [2.24, 2.45) is 0 Å². The average molecular weight is 552 g/mol. The van der Waals surface area contributed by atoms with Crippen molar-refractivity contribution in [3.63, 3.8) is 0 Å². The Morgan fingerprint density at radius 1 is 0.944 bits per heavy atom. The highest BCUT2D eigenvalue weighted by Crippen LogP contribution is 2.31. The lowest BCUT2D eigenvalue weighted by atomic mass is 10.3. The van der Waals surface area contributed by atoms with Gasteiger partial charge in [0.25, 0.3) is 10.0 Å². The number of hydrogen-bond acceptors (Lipinski definition) is 6. The van der Waals surface area contributed by atoms with Gasteiger partial charge < -0.3 is 10.1 Å². The van der Waals surface area contributed by atoms with E-state index in [2.05, 4.69) is 10.0 Å². The molecule has 9 nitrogen and oxygen atoms in total. The number of anilines is 2. The maximum atomic E-state index is 13.5. The number of hydrogen-bond donors (Lipinski definition) is 2. The molecule has 0 aliphatic carbocycles. The van der Waals surface area contributed by atoms with Crippen molar-refractivity contribution >= 4 is 48.9 Å². The number of carbonyl (C=O) groups excluding carboxylic acids is 1. The summed E-state index contributed by atoms with van der Waals surface area (Å²) in [5, 5.41) is 2.70. The zero-order chi connectivity index (χ0) is 26.5. The summed E-state index contributed by atoms with van der Waals surface area (Å²) in [6.45, 7) is 2.73. The molecule has 0 fully saturated rings. The molecule has 0 aliphatic rings. The van der Waals surface area contributed by atoms with Crippen LogP contribution < -0.4 is 19.1 Å². The van der Waals surface area contributed by atoms with E-state index in [1.165, 1.54) is 49.6 Å². The molecule has 0 atom stereocenters. The van der Waals surface area contributed by atoms with Gasteiger partial charge in [-0.3, -0.25) is 9.10 Å². The van der Waals surface area contributed by atoms with Gasteiger partial charge >= 0.3 is 0 Å². The first kappa shape index (κ1) is 27.5. The van der Waals surface area contributed by atoms with Gasteiger partial charge in [-0.25, -0.2) is 21.6 Å². The van der Waals surface area contributed by atoms with E-state index in [0.29, 0.717) is 0 Å². The number of ether oxygens (including phenoxy) is 1. The molecule has 0 saturated carbocycles. The molecule has 36 heavy (non-hydrogen) atoms. The van der Waals surface area contributed by atoms with Gasteiger partial charge in [0.2, 0.25) is 15.9 Å². The van der Waals surface area contributed by atoms with Gasteiger partial charge in [-0.15, -0.1) is 0 Å². The Morgan fingerprint density at radius 2 is 1.58 bits per heavy atom. The average Bonchev–Trinajstić information content (AvgIpc) is 2.82. The second kappa shape index (κ2) is 11.3. The molecule has 3 rings (SSSR count). The minimum absolute atomic E-state index is 0.0249. The van der Waals surface area contributed by atoms with Gasteiger partial charge in [0.05, 0.1) is 33.3 Å². The summed E-state index contributed by atoms with van der Waals surface area (Å²) in [5.41, 5.74) is 0.174. The highest BCUT2D eigenvalue weighted by atomic mass is 35.5. The lowest BCUT2D eigenvalue weighted by Crippen LogP contribution is -2.38. The number of benzene rings is 3. The number of amides is 1. The van der Waals surface area contributed by atoms with E-state index < -0.39 is 32.5 Å². The predicted molar refractivity (Wildman–Crippen MR) is 140 cm³/mol. The van der Waals surface area contributed by atoms with Crippen molar-refractivity contribution in [1.29, 1.82) is 0 Å². The SMILES string of the molecule is COc1ccc(S(=O)(=O)NC(C)C)cc1NC(=O)CN(c1ccccc1Cl)S(=O)(=O)c1ccccc1. The third kappa shape index (κ3) is 6.35. The number of nitrogens with zero attached hydrogens (tertiary/aromatic N) is 1. The molecule has 0 aromatic heterocycles. The topological polar surface area (TPSA) is 122 Å². The highest BCUT2D eigenvalue weighted by molar-refractivity contribution is 7.93. The van der Waals surface area contributed by atoms with Crippen molar-refractivity contribution in [2.45, 2.75) is 29.7 Å². The Balaban J connectivity index is 1.98. The second-order valence-corrected chi connectivity index (χ2v) is 11.9. The number of sulfonamides is 2. The largest absolute Gasteiger partial charge is 0.495 e. The first-order valence-corrected chi connectivity index (χ1v) is 14.1. The Morgan fingerprint density at radius 3 is 2.19 bits per heavy atom. The van der Waals surface area contributed by atoms with Gasteiger partial charge in [0.1, 0.15) is 12.3 Å². The molecule has 0 heterocycles. The summed E-state index contributed by atoms with van der Waals surface area (Å²) >= 11 is 6.28. The van der Waals surface area contributed by atoms with E-state index in [1.807, 2.05) is 0 Å². The van der Waals surface area contributed by atoms with Crippen LogP contribution in [0.25, 0.3) is 0 Å².